The monoisotopic (exact) mass is 359 g/mol. The molecule has 0 heterocycles. The second-order valence-electron chi connectivity index (χ2n) is 5.16. The van der Waals surface area contributed by atoms with E-state index < -0.39 is 0 Å². The first kappa shape index (κ1) is 18.9. The number of hydrogen-bond donors (Lipinski definition) is 1. The molecule has 0 aliphatic heterocycles. The van der Waals surface area contributed by atoms with Gasteiger partial charge in [-0.2, -0.15) is 0 Å². The molecule has 0 aliphatic rings. The van der Waals surface area contributed by atoms with Crippen LogP contribution in [0.5, 0.6) is 5.75 Å². The van der Waals surface area contributed by atoms with E-state index in [1.54, 1.807) is 38.3 Å². The number of ether oxygens (including phenoxy) is 2. The number of para-hydroxylation sites is 2. The molecule has 0 spiro atoms. The Bertz CT molecular complexity index is 733. The molecule has 25 heavy (non-hydrogen) atoms. The van der Waals surface area contributed by atoms with E-state index in [9.17, 15) is 9.59 Å². The first-order chi connectivity index (χ1) is 12.1. The van der Waals surface area contributed by atoms with E-state index in [1.807, 2.05) is 24.3 Å². The number of carbonyl (C=O) groups excluding carboxylic acids is 2. The van der Waals surface area contributed by atoms with Crippen molar-refractivity contribution >= 4 is 29.3 Å². The van der Waals surface area contributed by atoms with Gasteiger partial charge in [-0.3, -0.25) is 4.79 Å². The lowest BCUT2D eigenvalue weighted by molar-refractivity contribution is -0.113. The fourth-order valence-corrected chi connectivity index (χ4v) is 2.97. The van der Waals surface area contributed by atoms with Crippen LogP contribution in [0.25, 0.3) is 0 Å². The summed E-state index contributed by atoms with van der Waals surface area (Å²) >= 11 is 1.48. The number of thioether (sulfide) groups is 1. The highest BCUT2D eigenvalue weighted by Crippen LogP contribution is 2.23. The van der Waals surface area contributed by atoms with Crippen LogP contribution in [0.2, 0.25) is 0 Å². The van der Waals surface area contributed by atoms with Crippen molar-refractivity contribution in [1.82, 2.24) is 0 Å². The summed E-state index contributed by atoms with van der Waals surface area (Å²) in [6.45, 7) is 2.12. The number of anilines is 1. The number of carbonyl (C=O) groups is 2. The lowest BCUT2D eigenvalue weighted by Gasteiger charge is -2.09. The summed E-state index contributed by atoms with van der Waals surface area (Å²) in [4.78, 5) is 23.8. The van der Waals surface area contributed by atoms with Crippen LogP contribution in [-0.2, 0) is 15.3 Å². The van der Waals surface area contributed by atoms with E-state index >= 15 is 0 Å². The molecule has 0 saturated heterocycles. The molecule has 0 fully saturated rings. The minimum Gasteiger partial charge on any atom is -0.495 e. The molecule has 2 rings (SSSR count). The third kappa shape index (κ3) is 5.83. The van der Waals surface area contributed by atoms with Gasteiger partial charge in [-0.1, -0.05) is 24.3 Å². The van der Waals surface area contributed by atoms with Crippen LogP contribution in [0.15, 0.2) is 48.5 Å². The molecular formula is C19H21NO4S. The summed E-state index contributed by atoms with van der Waals surface area (Å²) < 4.78 is 10.2. The van der Waals surface area contributed by atoms with Crippen LogP contribution in [-0.4, -0.2) is 31.3 Å². The van der Waals surface area contributed by atoms with Gasteiger partial charge in [0, 0.05) is 5.75 Å². The van der Waals surface area contributed by atoms with Crippen molar-refractivity contribution in [3.63, 3.8) is 0 Å². The Labute approximate surface area is 151 Å². The van der Waals surface area contributed by atoms with Gasteiger partial charge in [-0.05, 0) is 36.8 Å². The molecule has 2 aromatic rings. The molecule has 6 heteroatoms. The Hall–Kier alpha value is -2.47. The van der Waals surface area contributed by atoms with Crippen LogP contribution >= 0.6 is 11.8 Å². The van der Waals surface area contributed by atoms with Crippen molar-refractivity contribution in [2.24, 2.45) is 0 Å². The molecule has 132 valence electrons. The quantitative estimate of drug-likeness (QED) is 0.727. The molecule has 0 bridgehead atoms. The van der Waals surface area contributed by atoms with Gasteiger partial charge in [-0.15, -0.1) is 11.8 Å². The van der Waals surface area contributed by atoms with Gasteiger partial charge in [0.1, 0.15) is 5.75 Å². The van der Waals surface area contributed by atoms with Gasteiger partial charge in [0.15, 0.2) is 0 Å². The first-order valence-corrected chi connectivity index (χ1v) is 9.06. The van der Waals surface area contributed by atoms with E-state index in [4.69, 9.17) is 9.47 Å². The Kier molecular flexibility index (Phi) is 7.35. The van der Waals surface area contributed by atoms with Gasteiger partial charge >= 0.3 is 5.97 Å². The van der Waals surface area contributed by atoms with E-state index in [1.165, 1.54) is 11.8 Å². The van der Waals surface area contributed by atoms with Crippen LogP contribution < -0.4 is 10.1 Å². The molecule has 0 unspecified atom stereocenters. The minimum atomic E-state index is -0.330. The van der Waals surface area contributed by atoms with E-state index in [0.29, 0.717) is 35.1 Å². The van der Waals surface area contributed by atoms with Gasteiger partial charge in [-0.25, -0.2) is 4.79 Å². The Morgan fingerprint density at radius 3 is 2.68 bits per heavy atom. The van der Waals surface area contributed by atoms with Crippen LogP contribution in [0.4, 0.5) is 5.69 Å². The summed E-state index contributed by atoms with van der Waals surface area (Å²) in [5.41, 5.74) is 2.15. The van der Waals surface area contributed by atoms with Gasteiger partial charge in [0.2, 0.25) is 5.91 Å². The van der Waals surface area contributed by atoms with Gasteiger partial charge in [0.25, 0.3) is 0 Å². The molecule has 0 radical (unpaired) electrons. The maximum Gasteiger partial charge on any atom is 0.338 e. The van der Waals surface area contributed by atoms with Crippen molar-refractivity contribution < 1.29 is 19.1 Å². The van der Waals surface area contributed by atoms with Crippen molar-refractivity contribution in [1.29, 1.82) is 0 Å². The number of rotatable bonds is 8. The molecule has 1 N–H and O–H groups in total. The van der Waals surface area contributed by atoms with Crippen LogP contribution in [0.1, 0.15) is 22.8 Å². The Morgan fingerprint density at radius 1 is 1.12 bits per heavy atom. The number of hydrogen-bond acceptors (Lipinski definition) is 5. The number of esters is 1. The Morgan fingerprint density at radius 2 is 1.92 bits per heavy atom. The average molecular weight is 359 g/mol. The number of nitrogens with one attached hydrogen (secondary N) is 1. The predicted octanol–water partition coefficient (Wildman–Crippen LogP) is 3.74. The normalized spacial score (nSPS) is 10.2. The molecule has 0 aromatic heterocycles. The maximum absolute atomic E-state index is 12.1. The summed E-state index contributed by atoms with van der Waals surface area (Å²) in [6.07, 6.45) is 0. The van der Waals surface area contributed by atoms with Gasteiger partial charge < -0.3 is 14.8 Å². The molecule has 0 atom stereocenters. The highest BCUT2D eigenvalue weighted by molar-refractivity contribution is 7.99. The zero-order valence-corrected chi connectivity index (χ0v) is 15.1. The zero-order valence-electron chi connectivity index (χ0n) is 14.3. The van der Waals surface area contributed by atoms with Crippen molar-refractivity contribution in [3.8, 4) is 5.75 Å². The molecule has 1 amide bonds. The maximum atomic E-state index is 12.1. The number of methoxy groups -OCH3 is 1. The largest absolute Gasteiger partial charge is 0.495 e. The van der Waals surface area contributed by atoms with Crippen molar-refractivity contribution in [2.75, 3.05) is 24.8 Å². The first-order valence-electron chi connectivity index (χ1n) is 7.90. The van der Waals surface area contributed by atoms with Crippen LogP contribution in [0, 0.1) is 0 Å². The molecule has 0 saturated carbocycles. The molecular weight excluding hydrogens is 338 g/mol. The van der Waals surface area contributed by atoms with Crippen LogP contribution in [0.3, 0.4) is 0 Å². The van der Waals surface area contributed by atoms with Gasteiger partial charge in [0.05, 0.1) is 30.7 Å². The third-order valence-electron chi connectivity index (χ3n) is 3.32. The van der Waals surface area contributed by atoms with Crippen molar-refractivity contribution in [3.05, 3.63) is 59.7 Å². The topological polar surface area (TPSA) is 64.6 Å². The number of amides is 1. The summed E-state index contributed by atoms with van der Waals surface area (Å²) in [5.74, 6) is 1.14. The molecule has 5 nitrogen and oxygen atoms in total. The predicted molar refractivity (Wildman–Crippen MR) is 100 cm³/mol. The van der Waals surface area contributed by atoms with E-state index in [0.717, 1.165) is 5.56 Å². The zero-order chi connectivity index (χ0) is 18.1. The average Bonchev–Trinajstić information content (AvgIpc) is 2.62. The lowest BCUT2D eigenvalue weighted by atomic mass is 10.1. The molecule has 2 aromatic carbocycles. The molecule has 0 aliphatic carbocycles. The second kappa shape index (κ2) is 9.74. The summed E-state index contributed by atoms with van der Waals surface area (Å²) in [7, 11) is 1.57. The minimum absolute atomic E-state index is 0.101. The summed E-state index contributed by atoms with van der Waals surface area (Å²) in [5, 5.41) is 2.84. The van der Waals surface area contributed by atoms with Crippen molar-refractivity contribution in [2.45, 2.75) is 12.7 Å². The van der Waals surface area contributed by atoms with E-state index in [-0.39, 0.29) is 11.9 Å². The fourth-order valence-electron chi connectivity index (χ4n) is 2.20. The lowest BCUT2D eigenvalue weighted by Crippen LogP contribution is -2.14. The highest BCUT2D eigenvalue weighted by Gasteiger charge is 2.09. The summed E-state index contributed by atoms with van der Waals surface area (Å²) in [6, 6.07) is 14.5. The smallest absolute Gasteiger partial charge is 0.338 e. The van der Waals surface area contributed by atoms with E-state index in [2.05, 4.69) is 5.32 Å². The highest BCUT2D eigenvalue weighted by atomic mass is 32.2. The second-order valence-corrected chi connectivity index (χ2v) is 6.15. The fraction of sp³-hybridized carbons (Fsp3) is 0.263. The SMILES string of the molecule is CCOC(=O)c1cccc(CSCC(=O)Nc2ccccc2OC)c1. The number of benzene rings is 2. The Balaban J connectivity index is 1.85. The third-order valence-corrected chi connectivity index (χ3v) is 4.32. The standard InChI is InChI=1S/C19H21NO4S/c1-3-24-19(22)15-8-6-7-14(11-15)12-25-13-18(21)20-16-9-4-5-10-17(16)23-2/h4-11H,3,12-13H2,1-2H3,(H,20,21).